The van der Waals surface area contributed by atoms with Gasteiger partial charge < -0.3 is 9.84 Å². The van der Waals surface area contributed by atoms with Crippen LogP contribution in [-0.4, -0.2) is 28.6 Å². The highest BCUT2D eigenvalue weighted by atomic mass is 79.9. The Bertz CT molecular complexity index is 446. The molecule has 1 aromatic rings. The summed E-state index contributed by atoms with van der Waals surface area (Å²) in [6.45, 7) is 3.13. The van der Waals surface area contributed by atoms with E-state index in [4.69, 9.17) is 4.74 Å². The number of hydrogen-bond donors (Lipinski definition) is 1. The quantitative estimate of drug-likeness (QED) is 0.664. The lowest BCUT2D eigenvalue weighted by atomic mass is 9.85. The Hall–Kier alpha value is -1.43. The molecule has 0 spiro atoms. The summed E-state index contributed by atoms with van der Waals surface area (Å²) < 4.78 is 5.60. The third-order valence-electron chi connectivity index (χ3n) is 2.52. The van der Waals surface area contributed by atoms with Gasteiger partial charge in [-0.3, -0.25) is 14.6 Å². The second-order valence-corrected chi connectivity index (χ2v) is 4.92. The van der Waals surface area contributed by atoms with Crippen molar-refractivity contribution in [3.05, 3.63) is 28.5 Å². The summed E-state index contributed by atoms with van der Waals surface area (Å²) in [4.78, 5) is 27.1. The van der Waals surface area contributed by atoms with E-state index in [-0.39, 0.29) is 13.0 Å². The van der Waals surface area contributed by atoms with Crippen LogP contribution in [0.15, 0.2) is 22.8 Å². The first-order valence-electron chi connectivity index (χ1n) is 5.41. The molecule has 98 valence electrons. The maximum absolute atomic E-state index is 11.7. The molecule has 0 saturated carbocycles. The van der Waals surface area contributed by atoms with Crippen LogP contribution in [0.2, 0.25) is 0 Å². The average molecular weight is 316 g/mol. The molecular weight excluding hydrogens is 302 g/mol. The number of ether oxygens (including phenoxy) is 1. The highest BCUT2D eigenvalue weighted by Crippen LogP contribution is 2.24. The number of carboxylic acids is 1. The van der Waals surface area contributed by atoms with Gasteiger partial charge in [-0.25, -0.2) is 0 Å². The van der Waals surface area contributed by atoms with Crippen LogP contribution in [0.5, 0.6) is 0 Å². The number of carboxylic acid groups (broad SMARTS) is 1. The number of pyridine rings is 1. The molecule has 6 heteroatoms. The van der Waals surface area contributed by atoms with Crippen LogP contribution in [0, 0.1) is 5.41 Å². The number of halogens is 1. The van der Waals surface area contributed by atoms with Gasteiger partial charge in [-0.15, -0.1) is 0 Å². The predicted molar refractivity (Wildman–Crippen MR) is 68.0 cm³/mol. The minimum Gasteiger partial charge on any atom is -0.480 e. The summed E-state index contributed by atoms with van der Waals surface area (Å²) in [6, 6.07) is 3.42. The molecular formula is C12H14BrNO4. The number of aromatic nitrogens is 1. The Morgan fingerprint density at radius 3 is 2.61 bits per heavy atom. The van der Waals surface area contributed by atoms with Crippen LogP contribution in [0.1, 0.15) is 19.5 Å². The summed E-state index contributed by atoms with van der Waals surface area (Å²) in [5, 5.41) is 9.21. The fourth-order valence-corrected chi connectivity index (χ4v) is 1.63. The third kappa shape index (κ3) is 3.29. The second-order valence-electron chi connectivity index (χ2n) is 4.00. The highest BCUT2D eigenvalue weighted by Gasteiger charge is 2.43. The van der Waals surface area contributed by atoms with Gasteiger partial charge in [-0.05, 0) is 41.9 Å². The number of rotatable bonds is 5. The van der Waals surface area contributed by atoms with Crippen molar-refractivity contribution >= 4 is 27.9 Å². The summed E-state index contributed by atoms with van der Waals surface area (Å²) in [5.41, 5.74) is -1.09. The Morgan fingerprint density at radius 2 is 2.17 bits per heavy atom. The largest absolute Gasteiger partial charge is 0.480 e. The number of hydrogen-bond acceptors (Lipinski definition) is 4. The maximum atomic E-state index is 11.7. The van der Waals surface area contributed by atoms with Crippen LogP contribution in [0.25, 0.3) is 0 Å². The lowest BCUT2D eigenvalue weighted by Gasteiger charge is -2.21. The molecule has 1 aromatic heterocycles. The van der Waals surface area contributed by atoms with Gasteiger partial charge in [-0.1, -0.05) is 0 Å². The molecule has 1 heterocycles. The first-order valence-corrected chi connectivity index (χ1v) is 6.20. The standard InChI is InChI=1S/C12H14BrNO4/c1-3-18-11(17)12(2,10(15)16)6-9-5-4-8(13)7-14-9/h4-5,7H,3,6H2,1-2H3,(H,15,16). The zero-order chi connectivity index (χ0) is 13.8. The molecule has 0 aliphatic carbocycles. The first kappa shape index (κ1) is 14.6. The number of esters is 1. The van der Waals surface area contributed by atoms with Crippen molar-refractivity contribution in [3.63, 3.8) is 0 Å². The maximum Gasteiger partial charge on any atom is 0.323 e. The molecule has 0 fully saturated rings. The Balaban J connectivity index is 2.96. The minimum absolute atomic E-state index is 0.00551. The van der Waals surface area contributed by atoms with E-state index in [0.717, 1.165) is 4.47 Å². The molecule has 0 aromatic carbocycles. The fourth-order valence-electron chi connectivity index (χ4n) is 1.40. The SMILES string of the molecule is CCOC(=O)C(C)(Cc1ccc(Br)cn1)C(=O)O. The van der Waals surface area contributed by atoms with E-state index >= 15 is 0 Å². The van der Waals surface area contributed by atoms with Crippen LogP contribution in [-0.2, 0) is 20.7 Å². The summed E-state index contributed by atoms with van der Waals surface area (Å²) in [7, 11) is 0. The molecule has 18 heavy (non-hydrogen) atoms. The molecule has 1 unspecified atom stereocenters. The van der Waals surface area contributed by atoms with Gasteiger partial charge in [0.1, 0.15) is 0 Å². The smallest absolute Gasteiger partial charge is 0.323 e. The molecule has 0 aliphatic heterocycles. The Labute approximate surface area is 113 Å². The minimum atomic E-state index is -1.61. The van der Waals surface area contributed by atoms with Crippen LogP contribution in [0.3, 0.4) is 0 Å². The van der Waals surface area contributed by atoms with E-state index < -0.39 is 17.4 Å². The summed E-state index contributed by atoms with van der Waals surface area (Å²) in [6.07, 6.45) is 1.55. The van der Waals surface area contributed by atoms with Crippen molar-refractivity contribution < 1.29 is 19.4 Å². The second kappa shape index (κ2) is 5.95. The van der Waals surface area contributed by atoms with E-state index in [1.807, 2.05) is 0 Å². The van der Waals surface area contributed by atoms with Gasteiger partial charge in [-0.2, -0.15) is 0 Å². The number of nitrogens with zero attached hydrogens (tertiary/aromatic N) is 1. The molecule has 1 rings (SSSR count). The van der Waals surface area contributed by atoms with Gasteiger partial charge >= 0.3 is 11.9 Å². The Kier molecular flexibility index (Phi) is 4.84. The summed E-state index contributed by atoms with van der Waals surface area (Å²) in [5.74, 6) is -1.96. The molecule has 0 aliphatic rings. The van der Waals surface area contributed by atoms with Gasteiger partial charge in [0.25, 0.3) is 0 Å². The molecule has 5 nitrogen and oxygen atoms in total. The van der Waals surface area contributed by atoms with Crippen LogP contribution in [0.4, 0.5) is 0 Å². The topological polar surface area (TPSA) is 76.5 Å². The molecule has 1 atom stereocenters. The van der Waals surface area contributed by atoms with Gasteiger partial charge in [0.15, 0.2) is 5.41 Å². The van der Waals surface area contributed by atoms with E-state index in [1.165, 1.54) is 6.92 Å². The molecule has 0 amide bonds. The van der Waals surface area contributed by atoms with Gasteiger partial charge in [0, 0.05) is 22.8 Å². The molecule has 0 bridgehead atoms. The Morgan fingerprint density at radius 1 is 1.50 bits per heavy atom. The number of carbonyl (C=O) groups excluding carboxylic acids is 1. The predicted octanol–water partition coefficient (Wildman–Crippen LogP) is 2.04. The third-order valence-corrected chi connectivity index (χ3v) is 2.99. The number of carbonyl (C=O) groups is 2. The van der Waals surface area contributed by atoms with Crippen molar-refractivity contribution in [2.45, 2.75) is 20.3 Å². The van der Waals surface area contributed by atoms with E-state index in [2.05, 4.69) is 20.9 Å². The zero-order valence-corrected chi connectivity index (χ0v) is 11.7. The normalized spacial score (nSPS) is 13.7. The molecule has 1 N–H and O–H groups in total. The average Bonchev–Trinajstić information content (AvgIpc) is 2.32. The van der Waals surface area contributed by atoms with Crippen molar-refractivity contribution in [1.29, 1.82) is 0 Å². The van der Waals surface area contributed by atoms with Crippen molar-refractivity contribution in [2.75, 3.05) is 6.61 Å². The summed E-state index contributed by atoms with van der Waals surface area (Å²) >= 11 is 3.24. The van der Waals surface area contributed by atoms with E-state index in [0.29, 0.717) is 5.69 Å². The lowest BCUT2D eigenvalue weighted by Crippen LogP contribution is -2.40. The van der Waals surface area contributed by atoms with Crippen molar-refractivity contribution in [1.82, 2.24) is 4.98 Å². The van der Waals surface area contributed by atoms with Crippen molar-refractivity contribution in [3.8, 4) is 0 Å². The van der Waals surface area contributed by atoms with Gasteiger partial charge in [0.05, 0.1) is 6.61 Å². The fraction of sp³-hybridized carbons (Fsp3) is 0.417. The zero-order valence-electron chi connectivity index (χ0n) is 10.1. The van der Waals surface area contributed by atoms with Crippen LogP contribution >= 0.6 is 15.9 Å². The first-order chi connectivity index (χ1) is 8.40. The molecule has 0 saturated heterocycles. The number of aliphatic carboxylic acids is 1. The highest BCUT2D eigenvalue weighted by molar-refractivity contribution is 9.10. The van der Waals surface area contributed by atoms with Crippen molar-refractivity contribution in [2.24, 2.45) is 5.41 Å². The lowest BCUT2D eigenvalue weighted by molar-refractivity contribution is -0.167. The monoisotopic (exact) mass is 315 g/mol. The van der Waals surface area contributed by atoms with E-state index in [1.54, 1.807) is 25.3 Å². The van der Waals surface area contributed by atoms with E-state index in [9.17, 15) is 14.7 Å². The van der Waals surface area contributed by atoms with Gasteiger partial charge in [0.2, 0.25) is 0 Å². The van der Waals surface area contributed by atoms with Crippen LogP contribution < -0.4 is 0 Å². The molecule has 0 radical (unpaired) electrons.